The molecular formula is C20H25NO4. The Morgan fingerprint density at radius 3 is 1.96 bits per heavy atom. The summed E-state index contributed by atoms with van der Waals surface area (Å²) in [6.07, 6.45) is 1.14. The molecule has 0 saturated heterocycles. The van der Waals surface area contributed by atoms with Crippen molar-refractivity contribution in [3.05, 3.63) is 54.1 Å². The van der Waals surface area contributed by atoms with E-state index in [0.717, 1.165) is 22.8 Å². The Bertz CT molecular complexity index is 652. The van der Waals surface area contributed by atoms with Crippen molar-refractivity contribution in [1.82, 2.24) is 4.90 Å². The molecular weight excluding hydrogens is 318 g/mol. The van der Waals surface area contributed by atoms with Crippen LogP contribution >= 0.6 is 0 Å². The summed E-state index contributed by atoms with van der Waals surface area (Å²) >= 11 is 0. The molecule has 0 saturated carbocycles. The van der Waals surface area contributed by atoms with Gasteiger partial charge in [0.2, 0.25) is 5.91 Å². The van der Waals surface area contributed by atoms with E-state index in [9.17, 15) is 4.79 Å². The van der Waals surface area contributed by atoms with Crippen LogP contribution in [0.4, 0.5) is 0 Å². The first-order valence-electron chi connectivity index (χ1n) is 8.26. The minimum atomic E-state index is 0.106. The largest absolute Gasteiger partial charge is 0.497 e. The number of methoxy groups -OCH3 is 2. The monoisotopic (exact) mass is 343 g/mol. The second kappa shape index (κ2) is 9.57. The number of benzene rings is 2. The number of amides is 1. The number of ether oxygens (including phenoxy) is 3. The zero-order valence-electron chi connectivity index (χ0n) is 15.0. The van der Waals surface area contributed by atoms with Gasteiger partial charge in [0.15, 0.2) is 0 Å². The average Bonchev–Trinajstić information content (AvgIpc) is 2.66. The van der Waals surface area contributed by atoms with E-state index < -0.39 is 0 Å². The van der Waals surface area contributed by atoms with E-state index in [1.54, 1.807) is 19.1 Å². The van der Waals surface area contributed by atoms with Crippen LogP contribution in [0.15, 0.2) is 48.5 Å². The van der Waals surface area contributed by atoms with Crippen LogP contribution in [-0.4, -0.2) is 38.7 Å². The molecule has 0 unspecified atom stereocenters. The first kappa shape index (κ1) is 18.6. The fraction of sp³-hybridized carbons (Fsp3) is 0.350. The lowest BCUT2D eigenvalue weighted by atomic mass is 10.2. The van der Waals surface area contributed by atoms with E-state index in [1.807, 2.05) is 55.6 Å². The maximum atomic E-state index is 12.2. The minimum absolute atomic E-state index is 0.106. The molecule has 0 radical (unpaired) electrons. The molecule has 0 N–H and O–H groups in total. The van der Waals surface area contributed by atoms with Crippen LogP contribution in [0.3, 0.4) is 0 Å². The molecule has 0 aliphatic heterocycles. The normalized spacial score (nSPS) is 10.2. The maximum absolute atomic E-state index is 12.2. The summed E-state index contributed by atoms with van der Waals surface area (Å²) in [5.41, 5.74) is 1.08. The minimum Gasteiger partial charge on any atom is -0.497 e. The summed E-state index contributed by atoms with van der Waals surface area (Å²) in [6.45, 7) is 1.09. The molecule has 134 valence electrons. The van der Waals surface area contributed by atoms with E-state index in [4.69, 9.17) is 14.2 Å². The van der Waals surface area contributed by atoms with Crippen molar-refractivity contribution >= 4 is 5.91 Å². The van der Waals surface area contributed by atoms with Crippen molar-refractivity contribution in [2.75, 3.05) is 27.9 Å². The topological polar surface area (TPSA) is 48.0 Å². The maximum Gasteiger partial charge on any atom is 0.222 e. The number of carbonyl (C=O) groups excluding carboxylic acids is 1. The molecule has 0 heterocycles. The third-order valence-electron chi connectivity index (χ3n) is 3.87. The third-order valence-corrected chi connectivity index (χ3v) is 3.87. The van der Waals surface area contributed by atoms with Crippen molar-refractivity contribution in [3.63, 3.8) is 0 Å². The van der Waals surface area contributed by atoms with Gasteiger partial charge in [-0.3, -0.25) is 4.79 Å². The van der Waals surface area contributed by atoms with Gasteiger partial charge in [0, 0.05) is 20.0 Å². The van der Waals surface area contributed by atoms with E-state index >= 15 is 0 Å². The summed E-state index contributed by atoms with van der Waals surface area (Å²) in [4.78, 5) is 13.9. The molecule has 2 rings (SSSR count). The Hall–Kier alpha value is -2.69. The van der Waals surface area contributed by atoms with Gasteiger partial charge < -0.3 is 19.1 Å². The van der Waals surface area contributed by atoms with Crippen LogP contribution in [0, 0.1) is 0 Å². The molecule has 0 fully saturated rings. The zero-order chi connectivity index (χ0) is 18.1. The lowest BCUT2D eigenvalue weighted by molar-refractivity contribution is -0.130. The van der Waals surface area contributed by atoms with Gasteiger partial charge in [-0.1, -0.05) is 12.1 Å². The number of rotatable bonds is 9. The molecule has 5 heteroatoms. The summed E-state index contributed by atoms with van der Waals surface area (Å²) in [5, 5.41) is 0. The lowest BCUT2D eigenvalue weighted by Gasteiger charge is -2.17. The van der Waals surface area contributed by atoms with Gasteiger partial charge in [-0.15, -0.1) is 0 Å². The molecule has 2 aromatic carbocycles. The van der Waals surface area contributed by atoms with Gasteiger partial charge in [0.25, 0.3) is 0 Å². The fourth-order valence-electron chi connectivity index (χ4n) is 2.37. The Morgan fingerprint density at radius 2 is 1.40 bits per heavy atom. The van der Waals surface area contributed by atoms with Crippen molar-refractivity contribution in [3.8, 4) is 17.2 Å². The van der Waals surface area contributed by atoms with E-state index in [0.29, 0.717) is 26.0 Å². The standard InChI is InChI=1S/C20H25NO4/c1-21(15-16-6-8-17(23-2)9-7-16)20(22)5-4-14-25-19-12-10-18(24-3)11-13-19/h6-13H,4-5,14-15H2,1-3H3. The molecule has 0 spiro atoms. The van der Waals surface area contributed by atoms with Crippen molar-refractivity contribution < 1.29 is 19.0 Å². The van der Waals surface area contributed by atoms with Crippen LogP contribution in [0.2, 0.25) is 0 Å². The number of hydrogen-bond donors (Lipinski definition) is 0. The molecule has 0 aliphatic carbocycles. The van der Waals surface area contributed by atoms with Crippen molar-refractivity contribution in [2.24, 2.45) is 0 Å². The molecule has 5 nitrogen and oxygen atoms in total. The predicted molar refractivity (Wildman–Crippen MR) is 97.2 cm³/mol. The third kappa shape index (κ3) is 6.03. The van der Waals surface area contributed by atoms with Crippen LogP contribution in [0.1, 0.15) is 18.4 Å². The fourth-order valence-corrected chi connectivity index (χ4v) is 2.37. The summed E-state index contributed by atoms with van der Waals surface area (Å²) in [6, 6.07) is 15.1. The Kier molecular flexibility index (Phi) is 7.14. The molecule has 2 aromatic rings. The Morgan fingerprint density at radius 1 is 0.880 bits per heavy atom. The van der Waals surface area contributed by atoms with Gasteiger partial charge in [0.1, 0.15) is 17.2 Å². The van der Waals surface area contributed by atoms with Crippen molar-refractivity contribution in [2.45, 2.75) is 19.4 Å². The predicted octanol–water partition coefficient (Wildman–Crippen LogP) is 3.52. The van der Waals surface area contributed by atoms with E-state index in [2.05, 4.69) is 0 Å². The first-order valence-corrected chi connectivity index (χ1v) is 8.26. The quantitative estimate of drug-likeness (QED) is 0.654. The second-order valence-electron chi connectivity index (χ2n) is 5.73. The first-order chi connectivity index (χ1) is 12.1. The van der Waals surface area contributed by atoms with Crippen LogP contribution in [0.25, 0.3) is 0 Å². The SMILES string of the molecule is COc1ccc(CN(C)C(=O)CCCOc2ccc(OC)cc2)cc1. The number of hydrogen-bond acceptors (Lipinski definition) is 4. The number of carbonyl (C=O) groups is 1. The smallest absolute Gasteiger partial charge is 0.222 e. The summed E-state index contributed by atoms with van der Waals surface area (Å²) in [7, 11) is 5.08. The average molecular weight is 343 g/mol. The van der Waals surface area contributed by atoms with E-state index in [1.165, 1.54) is 0 Å². The lowest BCUT2D eigenvalue weighted by Crippen LogP contribution is -2.26. The number of nitrogens with zero attached hydrogens (tertiary/aromatic N) is 1. The Balaban J connectivity index is 1.69. The molecule has 0 aromatic heterocycles. The molecule has 0 atom stereocenters. The highest BCUT2D eigenvalue weighted by Crippen LogP contribution is 2.17. The molecule has 0 bridgehead atoms. The highest BCUT2D eigenvalue weighted by atomic mass is 16.5. The summed E-state index contributed by atoms with van der Waals surface area (Å²) < 4.78 is 15.9. The zero-order valence-corrected chi connectivity index (χ0v) is 15.0. The van der Waals surface area contributed by atoms with E-state index in [-0.39, 0.29) is 5.91 Å². The highest BCUT2D eigenvalue weighted by molar-refractivity contribution is 5.75. The molecule has 25 heavy (non-hydrogen) atoms. The van der Waals surface area contributed by atoms with Crippen LogP contribution < -0.4 is 14.2 Å². The van der Waals surface area contributed by atoms with Gasteiger partial charge in [-0.2, -0.15) is 0 Å². The van der Waals surface area contributed by atoms with Gasteiger partial charge >= 0.3 is 0 Å². The second-order valence-corrected chi connectivity index (χ2v) is 5.73. The van der Waals surface area contributed by atoms with Crippen molar-refractivity contribution in [1.29, 1.82) is 0 Å². The summed E-state index contributed by atoms with van der Waals surface area (Å²) in [5.74, 6) is 2.49. The van der Waals surface area contributed by atoms with Crippen LogP contribution in [0.5, 0.6) is 17.2 Å². The molecule has 1 amide bonds. The van der Waals surface area contributed by atoms with Gasteiger partial charge in [0.05, 0.1) is 20.8 Å². The van der Waals surface area contributed by atoms with Gasteiger partial charge in [-0.25, -0.2) is 0 Å². The Labute approximate surface area is 149 Å². The molecule has 0 aliphatic rings. The highest BCUT2D eigenvalue weighted by Gasteiger charge is 2.09. The van der Waals surface area contributed by atoms with Crippen LogP contribution in [-0.2, 0) is 11.3 Å². The van der Waals surface area contributed by atoms with Gasteiger partial charge in [-0.05, 0) is 48.4 Å².